The van der Waals surface area contributed by atoms with Crippen molar-refractivity contribution in [2.45, 2.75) is 45.9 Å². The smallest absolute Gasteiger partial charge is 0.341 e. The normalized spacial score (nSPS) is 17.9. The summed E-state index contributed by atoms with van der Waals surface area (Å²) in [5, 5.41) is 5.03. The Bertz CT molecular complexity index is 1070. The monoisotopic (exact) mass is 529 g/mol. The molecule has 1 saturated heterocycles. The van der Waals surface area contributed by atoms with Gasteiger partial charge in [0, 0.05) is 0 Å². The van der Waals surface area contributed by atoms with Gasteiger partial charge in [-0.3, -0.25) is 18.7 Å². The number of nitrogen functional groups attached to an aromatic ring is 1. The number of hydrogen-bond donors (Lipinski definition) is 3. The summed E-state index contributed by atoms with van der Waals surface area (Å²) in [7, 11) is -3.82. The van der Waals surface area contributed by atoms with Gasteiger partial charge in [-0.05, 0) is 33.6 Å². The summed E-state index contributed by atoms with van der Waals surface area (Å²) in [4.78, 5) is 36.1. The predicted molar refractivity (Wildman–Crippen MR) is 127 cm³/mol. The van der Waals surface area contributed by atoms with E-state index >= 15 is 0 Å². The summed E-state index contributed by atoms with van der Waals surface area (Å²) in [6.45, 7) is 5.05. The van der Waals surface area contributed by atoms with E-state index in [-0.39, 0.29) is 44.7 Å². The second kappa shape index (κ2) is 12.9. The van der Waals surface area contributed by atoms with Gasteiger partial charge in [0.15, 0.2) is 11.2 Å². The van der Waals surface area contributed by atoms with Crippen molar-refractivity contribution in [2.75, 3.05) is 45.3 Å². The molecule has 0 aromatic carbocycles. The third-order valence-corrected chi connectivity index (χ3v) is 6.66. The topological polar surface area (TPSA) is 191 Å². The van der Waals surface area contributed by atoms with Crippen LogP contribution < -0.4 is 20.6 Å². The molecule has 0 radical (unpaired) electrons. The van der Waals surface area contributed by atoms with Gasteiger partial charge in [-0.15, -0.1) is 0 Å². The van der Waals surface area contributed by atoms with Gasteiger partial charge in [0.25, 0.3) is 0 Å². The van der Waals surface area contributed by atoms with Gasteiger partial charge in [-0.25, -0.2) is 15.2 Å². The maximum absolute atomic E-state index is 13.2. The number of nitrogens with two attached hydrogens (primary N) is 1. The van der Waals surface area contributed by atoms with Crippen molar-refractivity contribution >= 4 is 36.7 Å². The van der Waals surface area contributed by atoms with Crippen molar-refractivity contribution in [1.29, 1.82) is 0 Å². The quantitative estimate of drug-likeness (QED) is 0.231. The number of hydrogen-bond acceptors (Lipinski definition) is 12. The van der Waals surface area contributed by atoms with Crippen molar-refractivity contribution in [3.8, 4) is 5.88 Å². The number of fused-ring (bicyclic) bond motifs is 1. The average Bonchev–Trinajstić information content (AvgIpc) is 3.48. The molecule has 200 valence electrons. The Labute approximate surface area is 207 Å². The molecule has 0 aliphatic carbocycles. The van der Waals surface area contributed by atoms with Crippen LogP contribution in [0.25, 0.3) is 11.2 Å². The van der Waals surface area contributed by atoms with Crippen LogP contribution in [-0.2, 0) is 32.9 Å². The standard InChI is InChI=1S/C20H32N7O8P/c1-4-31-15(28)9-23-36(30,24-10-16(29)32-5-2)34-11-13-7-8-14(35-13)27-12-22-17-18(27)25-20(21)26-19(17)33-6-3/h12-14H,4-11H2,1-3H3,(H2,21,25,26)(H2,23,24,30). The molecule has 1 aliphatic heterocycles. The SMILES string of the molecule is CCOC(=O)CNP(=O)(NCC(=O)OCC)OCC1CCC(n2cnc3c(OCC)nc(N)nc32)O1. The average molecular weight is 529 g/mol. The first-order valence-electron chi connectivity index (χ1n) is 11.6. The molecule has 3 rings (SSSR count). The molecule has 16 heteroatoms. The van der Waals surface area contributed by atoms with Crippen molar-refractivity contribution in [1.82, 2.24) is 29.7 Å². The fourth-order valence-corrected chi connectivity index (χ4v) is 4.81. The number of nitrogens with one attached hydrogen (secondary N) is 2. The molecule has 0 saturated carbocycles. The van der Waals surface area contributed by atoms with E-state index in [1.54, 1.807) is 24.7 Å². The summed E-state index contributed by atoms with van der Waals surface area (Å²) in [5.41, 5.74) is 6.76. The Balaban J connectivity index is 1.64. The third-order valence-electron chi connectivity index (χ3n) is 5.00. The largest absolute Gasteiger partial charge is 0.476 e. The van der Waals surface area contributed by atoms with Gasteiger partial charge in [-0.1, -0.05) is 0 Å². The van der Waals surface area contributed by atoms with Gasteiger partial charge in [0.2, 0.25) is 11.8 Å². The Morgan fingerprint density at radius 2 is 1.78 bits per heavy atom. The number of nitrogens with zero attached hydrogens (tertiary/aromatic N) is 4. The van der Waals surface area contributed by atoms with Gasteiger partial charge in [0.05, 0.1) is 38.9 Å². The molecule has 0 bridgehead atoms. The Hall–Kier alpha value is -2.84. The van der Waals surface area contributed by atoms with E-state index in [9.17, 15) is 14.2 Å². The molecule has 0 spiro atoms. The Kier molecular flexibility index (Phi) is 9.96. The Morgan fingerprint density at radius 3 is 2.39 bits per heavy atom. The lowest BCUT2D eigenvalue weighted by atomic mass is 10.2. The number of imidazole rings is 1. The Morgan fingerprint density at radius 1 is 1.11 bits per heavy atom. The molecular formula is C20H32N7O8P. The van der Waals surface area contributed by atoms with E-state index in [2.05, 4.69) is 25.1 Å². The van der Waals surface area contributed by atoms with Crippen LogP contribution in [0.4, 0.5) is 5.95 Å². The van der Waals surface area contributed by atoms with Crippen LogP contribution in [0.2, 0.25) is 0 Å². The highest BCUT2D eigenvalue weighted by Gasteiger charge is 2.32. The van der Waals surface area contributed by atoms with Crippen molar-refractivity contribution < 1.29 is 37.6 Å². The van der Waals surface area contributed by atoms with Crippen LogP contribution in [0, 0.1) is 0 Å². The first kappa shape index (κ1) is 27.7. The van der Waals surface area contributed by atoms with Gasteiger partial charge < -0.3 is 29.2 Å². The lowest BCUT2D eigenvalue weighted by Crippen LogP contribution is -2.34. The van der Waals surface area contributed by atoms with E-state index in [4.69, 9.17) is 29.2 Å². The number of anilines is 1. The summed E-state index contributed by atoms with van der Waals surface area (Å²) >= 11 is 0. The molecule has 4 N–H and O–H groups in total. The fraction of sp³-hybridized carbons (Fsp3) is 0.650. The van der Waals surface area contributed by atoms with Gasteiger partial charge in [-0.2, -0.15) is 9.97 Å². The molecule has 2 aromatic heterocycles. The summed E-state index contributed by atoms with van der Waals surface area (Å²) in [6.07, 6.45) is 1.90. The van der Waals surface area contributed by atoms with Crippen LogP contribution >= 0.6 is 7.67 Å². The molecule has 15 nitrogen and oxygen atoms in total. The minimum Gasteiger partial charge on any atom is -0.476 e. The highest BCUT2D eigenvalue weighted by Crippen LogP contribution is 2.39. The second-order valence-corrected chi connectivity index (χ2v) is 9.55. The molecule has 1 fully saturated rings. The zero-order valence-corrected chi connectivity index (χ0v) is 21.4. The highest BCUT2D eigenvalue weighted by molar-refractivity contribution is 7.54. The molecule has 2 atom stereocenters. The van der Waals surface area contributed by atoms with Crippen molar-refractivity contribution in [2.24, 2.45) is 0 Å². The second-order valence-electron chi connectivity index (χ2n) is 7.56. The van der Waals surface area contributed by atoms with E-state index in [0.29, 0.717) is 30.6 Å². The maximum Gasteiger partial charge on any atom is 0.341 e. The molecule has 2 aromatic rings. The van der Waals surface area contributed by atoms with E-state index in [1.807, 2.05) is 6.92 Å². The first-order chi connectivity index (χ1) is 17.3. The minimum atomic E-state index is -3.82. The van der Waals surface area contributed by atoms with Crippen molar-refractivity contribution in [3.05, 3.63) is 6.33 Å². The zero-order valence-electron chi connectivity index (χ0n) is 20.5. The molecule has 36 heavy (non-hydrogen) atoms. The van der Waals surface area contributed by atoms with Crippen LogP contribution in [0.5, 0.6) is 5.88 Å². The molecule has 2 unspecified atom stereocenters. The van der Waals surface area contributed by atoms with E-state index in [1.165, 1.54) is 0 Å². The molecule has 1 aliphatic rings. The number of ether oxygens (including phenoxy) is 4. The van der Waals surface area contributed by atoms with Crippen LogP contribution in [0.3, 0.4) is 0 Å². The van der Waals surface area contributed by atoms with Crippen LogP contribution in [-0.4, -0.2) is 77.1 Å². The van der Waals surface area contributed by atoms with Crippen LogP contribution in [0.1, 0.15) is 39.8 Å². The van der Waals surface area contributed by atoms with E-state index in [0.717, 1.165) is 0 Å². The van der Waals surface area contributed by atoms with Crippen molar-refractivity contribution in [3.63, 3.8) is 0 Å². The first-order valence-corrected chi connectivity index (χ1v) is 13.2. The predicted octanol–water partition coefficient (Wildman–Crippen LogP) is 0.915. The third kappa shape index (κ3) is 7.34. The number of rotatable bonds is 14. The number of carbonyl (C=O) groups is 2. The van der Waals surface area contributed by atoms with Crippen LogP contribution in [0.15, 0.2) is 6.33 Å². The summed E-state index contributed by atoms with van der Waals surface area (Å²) in [6, 6.07) is 0. The lowest BCUT2D eigenvalue weighted by Gasteiger charge is -2.22. The highest BCUT2D eigenvalue weighted by atomic mass is 31.2. The minimum absolute atomic E-state index is 0.0480. The number of carbonyl (C=O) groups excluding carboxylic acids is 2. The molecule has 3 heterocycles. The molecule has 0 amide bonds. The number of aromatic nitrogens is 4. The number of esters is 2. The van der Waals surface area contributed by atoms with E-state index < -0.39 is 31.9 Å². The summed E-state index contributed by atoms with van der Waals surface area (Å²) < 4.78 is 41.8. The summed E-state index contributed by atoms with van der Waals surface area (Å²) in [5.74, 6) is -0.892. The lowest BCUT2D eigenvalue weighted by molar-refractivity contribution is -0.142. The van der Waals surface area contributed by atoms with Gasteiger partial charge in [0.1, 0.15) is 19.3 Å². The maximum atomic E-state index is 13.2. The zero-order chi connectivity index (χ0) is 26.1. The molecular weight excluding hydrogens is 497 g/mol. The van der Waals surface area contributed by atoms with Gasteiger partial charge >= 0.3 is 19.6 Å². The fourth-order valence-electron chi connectivity index (χ4n) is 3.47.